The van der Waals surface area contributed by atoms with Crippen molar-refractivity contribution < 1.29 is 18.9 Å². The molecule has 1 saturated heterocycles. The first-order valence-electron chi connectivity index (χ1n) is 7.49. The molecule has 1 atom stereocenters. The van der Waals surface area contributed by atoms with E-state index in [4.69, 9.17) is 18.9 Å². The van der Waals surface area contributed by atoms with Gasteiger partial charge in [-0.3, -0.25) is 0 Å². The molecule has 0 saturated carbocycles. The minimum atomic E-state index is 0.375. The first-order chi connectivity index (χ1) is 9.43. The van der Waals surface area contributed by atoms with E-state index in [1.54, 1.807) is 0 Å². The highest BCUT2D eigenvalue weighted by Crippen LogP contribution is 2.02. The molecule has 5 heteroatoms. The Bertz CT molecular complexity index is 186. The molecular formula is C14H29NO4. The zero-order chi connectivity index (χ0) is 13.6. The van der Waals surface area contributed by atoms with Crippen molar-refractivity contribution in [1.29, 1.82) is 0 Å². The zero-order valence-electron chi connectivity index (χ0n) is 12.2. The van der Waals surface area contributed by atoms with Gasteiger partial charge in [0.2, 0.25) is 0 Å². The Morgan fingerprint density at radius 3 is 2.11 bits per heavy atom. The molecule has 0 aromatic heterocycles. The second-order valence-electron chi connectivity index (χ2n) is 4.68. The minimum Gasteiger partial charge on any atom is -0.379 e. The molecule has 0 aromatic carbocycles. The number of nitrogens with one attached hydrogen (secondary N) is 1. The van der Waals surface area contributed by atoms with Crippen molar-refractivity contribution in [2.24, 2.45) is 0 Å². The van der Waals surface area contributed by atoms with Crippen LogP contribution in [0.3, 0.4) is 0 Å². The molecule has 1 aliphatic heterocycles. The number of hydrogen-bond donors (Lipinski definition) is 1. The van der Waals surface area contributed by atoms with E-state index in [1.165, 1.54) is 6.42 Å². The fraction of sp³-hybridized carbons (Fsp3) is 1.00. The van der Waals surface area contributed by atoms with Gasteiger partial charge in [0.1, 0.15) is 0 Å². The summed E-state index contributed by atoms with van der Waals surface area (Å²) in [7, 11) is 0. The molecule has 1 rings (SSSR count). The van der Waals surface area contributed by atoms with E-state index in [0.717, 1.165) is 32.5 Å². The fourth-order valence-electron chi connectivity index (χ4n) is 1.83. The molecule has 1 fully saturated rings. The number of hydrogen-bond acceptors (Lipinski definition) is 5. The van der Waals surface area contributed by atoms with Gasteiger partial charge in [-0.25, -0.2) is 0 Å². The van der Waals surface area contributed by atoms with Gasteiger partial charge in [-0.15, -0.1) is 0 Å². The number of ether oxygens (including phenoxy) is 4. The van der Waals surface area contributed by atoms with Crippen molar-refractivity contribution >= 4 is 0 Å². The molecule has 0 amide bonds. The summed E-state index contributed by atoms with van der Waals surface area (Å²) in [6.45, 7) is 8.94. The third-order valence-electron chi connectivity index (χ3n) is 2.98. The van der Waals surface area contributed by atoms with Crippen LogP contribution in [0.4, 0.5) is 0 Å². The number of rotatable bonds is 13. The summed E-state index contributed by atoms with van der Waals surface area (Å²) < 4.78 is 21.8. The van der Waals surface area contributed by atoms with Crippen molar-refractivity contribution in [2.75, 3.05) is 59.3 Å². The average Bonchev–Trinajstić information content (AvgIpc) is 2.93. The lowest BCUT2D eigenvalue weighted by atomic mass is 10.3. The van der Waals surface area contributed by atoms with Crippen LogP contribution in [0, 0.1) is 0 Å². The van der Waals surface area contributed by atoms with E-state index in [0.29, 0.717) is 45.7 Å². The summed E-state index contributed by atoms with van der Waals surface area (Å²) in [4.78, 5) is 0. The van der Waals surface area contributed by atoms with Crippen molar-refractivity contribution in [3.05, 3.63) is 0 Å². The highest BCUT2D eigenvalue weighted by molar-refractivity contribution is 4.70. The Labute approximate surface area is 116 Å². The van der Waals surface area contributed by atoms with Crippen LogP contribution in [-0.4, -0.2) is 65.4 Å². The first kappa shape index (κ1) is 16.9. The molecule has 0 aliphatic carbocycles. The fourth-order valence-corrected chi connectivity index (χ4v) is 1.83. The van der Waals surface area contributed by atoms with Crippen LogP contribution in [0.1, 0.15) is 26.2 Å². The Morgan fingerprint density at radius 2 is 1.53 bits per heavy atom. The summed E-state index contributed by atoms with van der Waals surface area (Å²) in [5.41, 5.74) is 0. The van der Waals surface area contributed by atoms with Gasteiger partial charge in [0.15, 0.2) is 0 Å². The summed E-state index contributed by atoms with van der Waals surface area (Å²) >= 11 is 0. The predicted molar refractivity (Wildman–Crippen MR) is 74.6 cm³/mol. The SMILES string of the molecule is CCCCOCCOCCOCCO[C@@H]1CCNC1. The number of unbranched alkanes of at least 4 members (excludes halogenated alkanes) is 1. The molecule has 1 heterocycles. The van der Waals surface area contributed by atoms with E-state index in [2.05, 4.69) is 12.2 Å². The van der Waals surface area contributed by atoms with Crippen molar-refractivity contribution in [2.45, 2.75) is 32.3 Å². The molecule has 5 nitrogen and oxygen atoms in total. The van der Waals surface area contributed by atoms with Gasteiger partial charge < -0.3 is 24.3 Å². The van der Waals surface area contributed by atoms with Crippen LogP contribution in [0.2, 0.25) is 0 Å². The largest absolute Gasteiger partial charge is 0.379 e. The molecule has 19 heavy (non-hydrogen) atoms. The van der Waals surface area contributed by atoms with Gasteiger partial charge in [0.05, 0.1) is 45.7 Å². The Balaban J connectivity index is 1.67. The highest BCUT2D eigenvalue weighted by Gasteiger charge is 2.13. The molecule has 0 spiro atoms. The van der Waals surface area contributed by atoms with Gasteiger partial charge in [0.25, 0.3) is 0 Å². The standard InChI is InChI=1S/C14H29NO4/c1-2-3-6-16-7-8-17-9-10-18-11-12-19-14-4-5-15-13-14/h14-15H,2-13H2,1H3/t14-/m1/s1. The van der Waals surface area contributed by atoms with Crippen molar-refractivity contribution in [3.63, 3.8) is 0 Å². The highest BCUT2D eigenvalue weighted by atomic mass is 16.6. The molecule has 1 aliphatic rings. The smallest absolute Gasteiger partial charge is 0.0712 e. The molecule has 0 radical (unpaired) electrons. The Hall–Kier alpha value is -0.200. The second kappa shape index (κ2) is 12.8. The third-order valence-corrected chi connectivity index (χ3v) is 2.98. The third kappa shape index (κ3) is 10.3. The maximum atomic E-state index is 5.64. The van der Waals surface area contributed by atoms with E-state index >= 15 is 0 Å². The molecular weight excluding hydrogens is 246 g/mol. The van der Waals surface area contributed by atoms with E-state index in [9.17, 15) is 0 Å². The van der Waals surface area contributed by atoms with Crippen LogP contribution >= 0.6 is 0 Å². The monoisotopic (exact) mass is 275 g/mol. The summed E-state index contributed by atoms with van der Waals surface area (Å²) in [5, 5.41) is 3.27. The van der Waals surface area contributed by atoms with Crippen molar-refractivity contribution in [3.8, 4) is 0 Å². The van der Waals surface area contributed by atoms with E-state index < -0.39 is 0 Å². The minimum absolute atomic E-state index is 0.375. The first-order valence-corrected chi connectivity index (χ1v) is 7.49. The van der Waals surface area contributed by atoms with Crippen LogP contribution in [-0.2, 0) is 18.9 Å². The van der Waals surface area contributed by atoms with Gasteiger partial charge in [0, 0.05) is 13.2 Å². The topological polar surface area (TPSA) is 49.0 Å². The zero-order valence-corrected chi connectivity index (χ0v) is 12.2. The van der Waals surface area contributed by atoms with Crippen LogP contribution in [0.15, 0.2) is 0 Å². The summed E-state index contributed by atoms with van der Waals surface area (Å²) in [6.07, 6.45) is 3.79. The van der Waals surface area contributed by atoms with Crippen molar-refractivity contribution in [1.82, 2.24) is 5.32 Å². The van der Waals surface area contributed by atoms with Crippen LogP contribution in [0.25, 0.3) is 0 Å². The molecule has 1 N–H and O–H groups in total. The molecule has 0 unspecified atom stereocenters. The Kier molecular flexibility index (Phi) is 11.4. The lowest BCUT2D eigenvalue weighted by Gasteiger charge is -2.10. The maximum Gasteiger partial charge on any atom is 0.0712 e. The van der Waals surface area contributed by atoms with Gasteiger partial charge in [-0.05, 0) is 19.4 Å². The van der Waals surface area contributed by atoms with Crippen LogP contribution < -0.4 is 5.32 Å². The van der Waals surface area contributed by atoms with E-state index in [1.807, 2.05) is 0 Å². The van der Waals surface area contributed by atoms with Gasteiger partial charge in [-0.1, -0.05) is 13.3 Å². The second-order valence-corrected chi connectivity index (χ2v) is 4.68. The van der Waals surface area contributed by atoms with E-state index in [-0.39, 0.29) is 0 Å². The quantitative estimate of drug-likeness (QED) is 0.512. The van der Waals surface area contributed by atoms with Gasteiger partial charge >= 0.3 is 0 Å². The predicted octanol–water partition coefficient (Wildman–Crippen LogP) is 1.21. The lowest BCUT2D eigenvalue weighted by molar-refractivity contribution is -0.0147. The average molecular weight is 275 g/mol. The summed E-state index contributed by atoms with van der Waals surface area (Å²) in [5.74, 6) is 0. The normalized spacial score (nSPS) is 19.1. The lowest BCUT2D eigenvalue weighted by Crippen LogP contribution is -2.19. The van der Waals surface area contributed by atoms with Gasteiger partial charge in [-0.2, -0.15) is 0 Å². The molecule has 0 aromatic rings. The summed E-state index contributed by atoms with van der Waals surface area (Å²) in [6, 6.07) is 0. The Morgan fingerprint density at radius 1 is 0.895 bits per heavy atom. The molecule has 0 bridgehead atoms. The maximum absolute atomic E-state index is 5.64. The molecule has 114 valence electrons. The van der Waals surface area contributed by atoms with Crippen LogP contribution in [0.5, 0.6) is 0 Å².